The van der Waals surface area contributed by atoms with Gasteiger partial charge >= 0.3 is 5.82 Å². The molecule has 2 heterocycles. The smallest absolute Gasteiger partial charge is 0.229 e. The third-order valence-corrected chi connectivity index (χ3v) is 6.61. The van der Waals surface area contributed by atoms with Gasteiger partial charge in [0.2, 0.25) is 5.01 Å². The molecule has 0 N–H and O–H groups in total. The second kappa shape index (κ2) is 7.81. The van der Waals surface area contributed by atoms with Gasteiger partial charge in [-0.15, -0.1) is 11.3 Å². The minimum absolute atomic E-state index is 0.703. The molecular formula is C23H28N3S+. The molecule has 0 aliphatic heterocycles. The van der Waals surface area contributed by atoms with Crippen LogP contribution in [0.5, 0.6) is 0 Å². The number of fused-ring (bicyclic) bond motifs is 2. The fourth-order valence-electron chi connectivity index (χ4n) is 3.97. The summed E-state index contributed by atoms with van der Waals surface area (Å²) in [6.07, 6.45) is 5.08. The van der Waals surface area contributed by atoms with E-state index in [9.17, 15) is 0 Å². The lowest BCUT2D eigenvalue weighted by atomic mass is 9.99. The zero-order valence-corrected chi connectivity index (χ0v) is 17.3. The number of thiazole rings is 1. The van der Waals surface area contributed by atoms with Gasteiger partial charge in [0.05, 0.1) is 23.8 Å². The zero-order valence-electron chi connectivity index (χ0n) is 16.5. The molecule has 4 rings (SSSR count). The molecule has 1 atom stereocenters. The summed E-state index contributed by atoms with van der Waals surface area (Å²) < 4.78 is 6.08. The molecule has 0 spiro atoms. The average Bonchev–Trinajstić information content (AvgIpc) is 3.24. The third-order valence-electron chi connectivity index (χ3n) is 5.58. The fourth-order valence-corrected chi connectivity index (χ4v) is 5.03. The van der Waals surface area contributed by atoms with Gasteiger partial charge in [0, 0.05) is 0 Å². The maximum atomic E-state index is 4.97. The predicted octanol–water partition coefficient (Wildman–Crippen LogP) is 5.96. The normalized spacial score (nSPS) is 12.9. The molecular weight excluding hydrogens is 350 g/mol. The van der Waals surface area contributed by atoms with Gasteiger partial charge in [-0.05, 0) is 43.0 Å². The minimum Gasteiger partial charge on any atom is -0.229 e. The molecule has 2 aromatic carbocycles. The summed E-state index contributed by atoms with van der Waals surface area (Å²) in [7, 11) is 2.17. The molecule has 4 heteroatoms. The number of imidazole rings is 1. The Hall–Kier alpha value is -2.20. The van der Waals surface area contributed by atoms with Crippen molar-refractivity contribution in [2.75, 3.05) is 0 Å². The molecule has 0 saturated carbocycles. The van der Waals surface area contributed by atoms with Crippen LogP contribution in [0.2, 0.25) is 0 Å². The SMILES string of the molecule is CCCCC(CC)Cn1c(-c2nc3ccccc3s2)[n+](C)c2ccccc21. The van der Waals surface area contributed by atoms with Crippen molar-refractivity contribution >= 4 is 32.6 Å². The average molecular weight is 379 g/mol. The Morgan fingerprint density at radius 2 is 1.85 bits per heavy atom. The number of aryl methyl sites for hydroxylation is 1. The largest absolute Gasteiger partial charge is 0.319 e. The Labute approximate surface area is 165 Å². The first-order valence-corrected chi connectivity index (χ1v) is 10.9. The Morgan fingerprint density at radius 3 is 2.63 bits per heavy atom. The van der Waals surface area contributed by atoms with E-state index in [1.807, 2.05) is 0 Å². The van der Waals surface area contributed by atoms with Crippen LogP contribution >= 0.6 is 11.3 Å². The Kier molecular flexibility index (Phi) is 5.26. The van der Waals surface area contributed by atoms with Crippen molar-refractivity contribution in [1.82, 2.24) is 9.55 Å². The van der Waals surface area contributed by atoms with Crippen molar-refractivity contribution in [3.63, 3.8) is 0 Å². The van der Waals surface area contributed by atoms with E-state index in [0.29, 0.717) is 5.92 Å². The van der Waals surface area contributed by atoms with Crippen LogP contribution in [0.1, 0.15) is 39.5 Å². The van der Waals surface area contributed by atoms with Gasteiger partial charge in [-0.25, -0.2) is 14.1 Å². The molecule has 3 nitrogen and oxygen atoms in total. The molecule has 0 bridgehead atoms. The summed E-state index contributed by atoms with van der Waals surface area (Å²) in [5.41, 5.74) is 3.67. The molecule has 0 radical (unpaired) electrons. The number of hydrogen-bond donors (Lipinski definition) is 0. The van der Waals surface area contributed by atoms with Gasteiger partial charge in [-0.1, -0.05) is 51.0 Å². The maximum absolute atomic E-state index is 4.97. The van der Waals surface area contributed by atoms with E-state index in [0.717, 1.165) is 17.1 Å². The quantitative estimate of drug-likeness (QED) is 0.364. The maximum Gasteiger partial charge on any atom is 0.319 e. The second-order valence-electron chi connectivity index (χ2n) is 7.39. The third kappa shape index (κ3) is 3.39. The van der Waals surface area contributed by atoms with Crippen LogP contribution in [0, 0.1) is 5.92 Å². The summed E-state index contributed by atoms with van der Waals surface area (Å²) >= 11 is 1.79. The lowest BCUT2D eigenvalue weighted by Crippen LogP contribution is -2.30. The fraction of sp³-hybridized carbons (Fsp3) is 0.391. The molecule has 140 valence electrons. The van der Waals surface area contributed by atoms with E-state index in [1.54, 1.807) is 11.3 Å². The summed E-state index contributed by atoms with van der Waals surface area (Å²) in [4.78, 5) is 4.97. The topological polar surface area (TPSA) is 21.7 Å². The summed E-state index contributed by atoms with van der Waals surface area (Å²) in [6.45, 7) is 5.66. The van der Waals surface area contributed by atoms with Crippen LogP contribution in [-0.2, 0) is 13.6 Å². The lowest BCUT2D eigenvalue weighted by Gasteiger charge is -2.13. The first-order valence-electron chi connectivity index (χ1n) is 10.1. The van der Waals surface area contributed by atoms with Gasteiger partial charge in [0.1, 0.15) is 0 Å². The molecule has 0 amide bonds. The highest BCUT2D eigenvalue weighted by Gasteiger charge is 2.28. The number of benzene rings is 2. The van der Waals surface area contributed by atoms with Crippen LogP contribution in [0.25, 0.3) is 32.1 Å². The monoisotopic (exact) mass is 378 g/mol. The minimum atomic E-state index is 0.703. The highest BCUT2D eigenvalue weighted by molar-refractivity contribution is 7.21. The van der Waals surface area contributed by atoms with Crippen molar-refractivity contribution in [3.05, 3.63) is 48.5 Å². The first-order chi connectivity index (χ1) is 13.2. The number of aromatic nitrogens is 3. The predicted molar refractivity (Wildman–Crippen MR) is 115 cm³/mol. The van der Waals surface area contributed by atoms with Crippen molar-refractivity contribution in [3.8, 4) is 10.8 Å². The van der Waals surface area contributed by atoms with E-state index < -0.39 is 0 Å². The van der Waals surface area contributed by atoms with Gasteiger partial charge in [-0.2, -0.15) is 0 Å². The van der Waals surface area contributed by atoms with Crippen LogP contribution in [-0.4, -0.2) is 9.55 Å². The highest BCUT2D eigenvalue weighted by atomic mass is 32.1. The van der Waals surface area contributed by atoms with Crippen molar-refractivity contribution in [2.45, 2.75) is 46.1 Å². The number of hydrogen-bond acceptors (Lipinski definition) is 2. The Bertz CT molecular complexity index is 1030. The van der Waals surface area contributed by atoms with E-state index in [2.05, 4.69) is 78.6 Å². The van der Waals surface area contributed by atoms with Crippen LogP contribution in [0.3, 0.4) is 0 Å². The van der Waals surface area contributed by atoms with Gasteiger partial charge < -0.3 is 0 Å². The van der Waals surface area contributed by atoms with Crippen LogP contribution in [0.15, 0.2) is 48.5 Å². The molecule has 2 aromatic heterocycles. The molecule has 0 fully saturated rings. The molecule has 0 aliphatic carbocycles. The van der Waals surface area contributed by atoms with Gasteiger partial charge in [0.25, 0.3) is 0 Å². The second-order valence-corrected chi connectivity index (χ2v) is 8.42. The van der Waals surface area contributed by atoms with Crippen LogP contribution < -0.4 is 4.57 Å². The first kappa shape index (κ1) is 18.2. The lowest BCUT2D eigenvalue weighted by molar-refractivity contribution is -0.634. The standard InChI is InChI=1S/C23H28N3S/c1-4-6-11-17(5-2)16-26-20-14-9-8-13-19(20)25(3)23(26)22-24-18-12-7-10-15-21(18)27-22/h7-10,12-15,17H,4-6,11,16H2,1-3H3/q+1. The van der Waals surface area contributed by atoms with E-state index >= 15 is 0 Å². The summed E-state index contributed by atoms with van der Waals surface area (Å²) in [5, 5.41) is 1.11. The van der Waals surface area contributed by atoms with Crippen molar-refractivity contribution in [1.29, 1.82) is 0 Å². The van der Waals surface area contributed by atoms with Crippen molar-refractivity contribution in [2.24, 2.45) is 13.0 Å². The molecule has 27 heavy (non-hydrogen) atoms. The number of nitrogens with zero attached hydrogens (tertiary/aromatic N) is 3. The summed E-state index contributed by atoms with van der Waals surface area (Å²) in [6, 6.07) is 17.2. The number of unbranched alkanes of at least 4 members (excludes halogenated alkanes) is 1. The van der Waals surface area contributed by atoms with Gasteiger partial charge in [0.15, 0.2) is 11.0 Å². The van der Waals surface area contributed by atoms with E-state index in [4.69, 9.17) is 4.98 Å². The van der Waals surface area contributed by atoms with E-state index in [-0.39, 0.29) is 0 Å². The summed E-state index contributed by atoms with van der Waals surface area (Å²) in [5.74, 6) is 1.93. The molecule has 4 aromatic rings. The molecule has 0 saturated heterocycles. The van der Waals surface area contributed by atoms with Gasteiger partial charge in [-0.3, -0.25) is 0 Å². The highest BCUT2D eigenvalue weighted by Crippen LogP contribution is 2.32. The zero-order chi connectivity index (χ0) is 18.8. The van der Waals surface area contributed by atoms with Crippen LogP contribution in [0.4, 0.5) is 0 Å². The van der Waals surface area contributed by atoms with Crippen molar-refractivity contribution < 1.29 is 4.57 Å². The Morgan fingerprint density at radius 1 is 1.07 bits per heavy atom. The molecule has 1 unspecified atom stereocenters. The number of rotatable bonds is 7. The Balaban J connectivity index is 1.87. The molecule has 0 aliphatic rings. The number of para-hydroxylation sites is 3. The van der Waals surface area contributed by atoms with E-state index in [1.165, 1.54) is 47.2 Å².